The van der Waals surface area contributed by atoms with Crippen LogP contribution in [0.2, 0.25) is 0 Å². The van der Waals surface area contributed by atoms with E-state index in [9.17, 15) is 0 Å². The summed E-state index contributed by atoms with van der Waals surface area (Å²) in [5.41, 5.74) is 3.58. The quantitative estimate of drug-likeness (QED) is 0.506. The van der Waals surface area contributed by atoms with Gasteiger partial charge < -0.3 is 25.0 Å². The van der Waals surface area contributed by atoms with Crippen molar-refractivity contribution in [2.75, 3.05) is 38.8 Å². The van der Waals surface area contributed by atoms with Crippen molar-refractivity contribution >= 4 is 11.6 Å². The number of rotatable bonds is 8. The van der Waals surface area contributed by atoms with E-state index < -0.39 is 0 Å². The van der Waals surface area contributed by atoms with Gasteiger partial charge in [-0.15, -0.1) is 0 Å². The van der Waals surface area contributed by atoms with Gasteiger partial charge in [-0.1, -0.05) is 12.1 Å². The van der Waals surface area contributed by atoms with Gasteiger partial charge >= 0.3 is 0 Å². The highest BCUT2D eigenvalue weighted by atomic mass is 16.5. The molecule has 2 aromatic carbocycles. The Hall–Kier alpha value is -2.89. The highest BCUT2D eigenvalue weighted by Gasteiger charge is 2.14. The Morgan fingerprint density at radius 1 is 1.10 bits per heavy atom. The molecule has 30 heavy (non-hydrogen) atoms. The van der Waals surface area contributed by atoms with Crippen LogP contribution < -0.4 is 25.0 Å². The van der Waals surface area contributed by atoms with E-state index in [1.165, 1.54) is 24.1 Å². The van der Waals surface area contributed by atoms with Crippen LogP contribution in [0.15, 0.2) is 47.5 Å². The second-order valence-corrected chi connectivity index (χ2v) is 7.53. The normalized spacial score (nSPS) is 15.1. The number of aliphatic imine (C=N–C) groups is 1. The molecule has 3 rings (SSSR count). The van der Waals surface area contributed by atoms with Gasteiger partial charge in [-0.05, 0) is 56.5 Å². The Bertz CT molecular complexity index is 847. The van der Waals surface area contributed by atoms with E-state index in [2.05, 4.69) is 53.6 Å². The number of ether oxygens (including phenoxy) is 2. The molecule has 0 aliphatic carbocycles. The molecule has 0 saturated carbocycles. The SMILES string of the molecule is CCNC(=NCc1ccc(OC)cc1OC)NC(C)c1cccc(N2CCCC2)c1. The maximum atomic E-state index is 5.50. The summed E-state index contributed by atoms with van der Waals surface area (Å²) in [5.74, 6) is 2.34. The molecule has 2 aromatic rings. The first kappa shape index (κ1) is 21.8. The minimum atomic E-state index is 0.142. The minimum absolute atomic E-state index is 0.142. The largest absolute Gasteiger partial charge is 0.497 e. The summed E-state index contributed by atoms with van der Waals surface area (Å²) in [4.78, 5) is 7.24. The molecular formula is C24H34N4O2. The van der Waals surface area contributed by atoms with Gasteiger partial charge in [-0.25, -0.2) is 4.99 Å². The number of nitrogens with one attached hydrogen (secondary N) is 2. The number of benzene rings is 2. The molecule has 0 spiro atoms. The van der Waals surface area contributed by atoms with Crippen molar-refractivity contribution in [3.05, 3.63) is 53.6 Å². The maximum Gasteiger partial charge on any atom is 0.192 e. The van der Waals surface area contributed by atoms with Gasteiger partial charge in [0.05, 0.1) is 26.8 Å². The Morgan fingerprint density at radius 2 is 1.90 bits per heavy atom. The molecule has 0 radical (unpaired) electrons. The van der Waals surface area contributed by atoms with Crippen LogP contribution >= 0.6 is 0 Å². The van der Waals surface area contributed by atoms with Crippen molar-refractivity contribution in [1.82, 2.24) is 10.6 Å². The number of guanidine groups is 1. The molecule has 2 N–H and O–H groups in total. The molecule has 1 aliphatic rings. The Balaban J connectivity index is 1.71. The minimum Gasteiger partial charge on any atom is -0.497 e. The van der Waals surface area contributed by atoms with Gasteiger partial charge in [0.1, 0.15) is 11.5 Å². The maximum absolute atomic E-state index is 5.50. The lowest BCUT2D eigenvalue weighted by molar-refractivity contribution is 0.391. The third-order valence-electron chi connectivity index (χ3n) is 5.44. The third kappa shape index (κ3) is 5.59. The lowest BCUT2D eigenvalue weighted by Gasteiger charge is -2.22. The highest BCUT2D eigenvalue weighted by molar-refractivity contribution is 5.80. The second kappa shape index (κ2) is 10.8. The van der Waals surface area contributed by atoms with Crippen LogP contribution in [0.3, 0.4) is 0 Å². The first-order valence-corrected chi connectivity index (χ1v) is 10.7. The molecule has 1 saturated heterocycles. The lowest BCUT2D eigenvalue weighted by atomic mass is 10.1. The van der Waals surface area contributed by atoms with E-state index in [-0.39, 0.29) is 6.04 Å². The van der Waals surface area contributed by atoms with E-state index in [0.29, 0.717) is 6.54 Å². The predicted molar refractivity (Wildman–Crippen MR) is 124 cm³/mol. The van der Waals surface area contributed by atoms with Crippen LogP contribution in [-0.2, 0) is 6.54 Å². The van der Waals surface area contributed by atoms with Crippen molar-refractivity contribution in [2.45, 2.75) is 39.3 Å². The standard InChI is InChI=1S/C24H34N4O2/c1-5-25-24(26-17-20-11-12-22(29-3)16-23(20)30-4)27-18(2)19-9-8-10-21(15-19)28-13-6-7-14-28/h8-12,15-16,18H,5-7,13-14,17H2,1-4H3,(H2,25,26,27). The van der Waals surface area contributed by atoms with Gasteiger partial charge in [0.25, 0.3) is 0 Å². The van der Waals surface area contributed by atoms with Crippen molar-refractivity contribution in [2.24, 2.45) is 4.99 Å². The smallest absolute Gasteiger partial charge is 0.192 e. The third-order valence-corrected chi connectivity index (χ3v) is 5.44. The van der Waals surface area contributed by atoms with E-state index in [0.717, 1.165) is 42.7 Å². The molecule has 1 atom stereocenters. The monoisotopic (exact) mass is 410 g/mol. The summed E-state index contributed by atoms with van der Waals surface area (Å²) >= 11 is 0. The molecule has 6 nitrogen and oxygen atoms in total. The van der Waals surface area contributed by atoms with Gasteiger partial charge in [0.2, 0.25) is 0 Å². The predicted octanol–water partition coefficient (Wildman–Crippen LogP) is 4.12. The zero-order chi connectivity index (χ0) is 21.3. The second-order valence-electron chi connectivity index (χ2n) is 7.53. The number of anilines is 1. The summed E-state index contributed by atoms with van der Waals surface area (Å²) in [6.07, 6.45) is 2.56. The summed E-state index contributed by atoms with van der Waals surface area (Å²) in [5, 5.41) is 6.88. The van der Waals surface area contributed by atoms with Crippen molar-refractivity contribution in [1.29, 1.82) is 0 Å². The van der Waals surface area contributed by atoms with E-state index in [1.807, 2.05) is 18.2 Å². The summed E-state index contributed by atoms with van der Waals surface area (Å²) in [7, 11) is 3.32. The van der Waals surface area contributed by atoms with Crippen molar-refractivity contribution in [3.63, 3.8) is 0 Å². The van der Waals surface area contributed by atoms with Gasteiger partial charge in [-0.2, -0.15) is 0 Å². The Morgan fingerprint density at radius 3 is 2.60 bits per heavy atom. The van der Waals surface area contributed by atoms with Crippen LogP contribution in [0.1, 0.15) is 43.9 Å². The Kier molecular flexibility index (Phi) is 7.82. The van der Waals surface area contributed by atoms with Crippen LogP contribution in [0.25, 0.3) is 0 Å². The first-order valence-electron chi connectivity index (χ1n) is 10.7. The van der Waals surface area contributed by atoms with Gasteiger partial charge in [-0.3, -0.25) is 0 Å². The molecular weight excluding hydrogens is 376 g/mol. The fourth-order valence-corrected chi connectivity index (χ4v) is 3.72. The molecule has 1 aliphatic heterocycles. The highest BCUT2D eigenvalue weighted by Crippen LogP contribution is 2.26. The topological polar surface area (TPSA) is 58.1 Å². The summed E-state index contributed by atoms with van der Waals surface area (Å²) in [6.45, 7) is 7.86. The van der Waals surface area contributed by atoms with Crippen LogP contribution in [0.5, 0.6) is 11.5 Å². The zero-order valence-corrected chi connectivity index (χ0v) is 18.6. The van der Waals surface area contributed by atoms with Gasteiger partial charge in [0, 0.05) is 37.0 Å². The average Bonchev–Trinajstić information content (AvgIpc) is 3.32. The number of hydrogen-bond donors (Lipinski definition) is 2. The zero-order valence-electron chi connectivity index (χ0n) is 18.6. The molecule has 6 heteroatoms. The van der Waals surface area contributed by atoms with Crippen LogP contribution in [-0.4, -0.2) is 39.8 Å². The molecule has 162 valence electrons. The van der Waals surface area contributed by atoms with Crippen LogP contribution in [0, 0.1) is 0 Å². The van der Waals surface area contributed by atoms with E-state index >= 15 is 0 Å². The lowest BCUT2D eigenvalue weighted by Crippen LogP contribution is -2.38. The van der Waals surface area contributed by atoms with Gasteiger partial charge in [0.15, 0.2) is 5.96 Å². The van der Waals surface area contributed by atoms with E-state index in [4.69, 9.17) is 14.5 Å². The molecule has 0 aromatic heterocycles. The number of hydrogen-bond acceptors (Lipinski definition) is 4. The molecule has 1 unspecified atom stereocenters. The summed E-state index contributed by atoms with van der Waals surface area (Å²) in [6, 6.07) is 14.8. The summed E-state index contributed by atoms with van der Waals surface area (Å²) < 4.78 is 10.8. The fourth-order valence-electron chi connectivity index (χ4n) is 3.72. The molecule has 1 fully saturated rings. The molecule has 0 bridgehead atoms. The van der Waals surface area contributed by atoms with Crippen molar-refractivity contribution in [3.8, 4) is 11.5 Å². The number of methoxy groups -OCH3 is 2. The number of nitrogens with zero attached hydrogens (tertiary/aromatic N) is 2. The first-order chi connectivity index (χ1) is 14.6. The molecule has 0 amide bonds. The van der Waals surface area contributed by atoms with Crippen LogP contribution in [0.4, 0.5) is 5.69 Å². The Labute approximate surface area is 180 Å². The fraction of sp³-hybridized carbons (Fsp3) is 0.458. The van der Waals surface area contributed by atoms with Crippen molar-refractivity contribution < 1.29 is 9.47 Å². The average molecular weight is 411 g/mol. The van der Waals surface area contributed by atoms with E-state index in [1.54, 1.807) is 14.2 Å². The molecule has 1 heterocycles.